The minimum absolute atomic E-state index is 0.0359. The lowest BCUT2D eigenvalue weighted by Gasteiger charge is -2.40. The summed E-state index contributed by atoms with van der Waals surface area (Å²) < 4.78 is 10.7. The fourth-order valence-electron chi connectivity index (χ4n) is 4.31. The second-order valence-electron chi connectivity index (χ2n) is 10.2. The van der Waals surface area contributed by atoms with Crippen LogP contribution in [0, 0.1) is 0 Å². The van der Waals surface area contributed by atoms with Crippen LogP contribution in [0.3, 0.4) is 0 Å². The van der Waals surface area contributed by atoms with Gasteiger partial charge in [-0.3, -0.25) is 14.4 Å². The molecule has 0 radical (unpaired) electrons. The number of rotatable bonds is 6. The largest absolute Gasteiger partial charge is 0.465 e. The Balaban J connectivity index is 2.02. The van der Waals surface area contributed by atoms with Gasteiger partial charge in [-0.25, -0.2) is 15.6 Å². The molecule has 1 aromatic carbocycles. The first-order chi connectivity index (χ1) is 16.4. The topological polar surface area (TPSA) is 122 Å². The number of Topliss-reactive ketones (excluding diaryl/α,β-unsaturated/α-hetero) is 1. The molecule has 1 saturated carbocycles. The highest BCUT2D eigenvalue weighted by molar-refractivity contribution is 6.44. The van der Waals surface area contributed by atoms with E-state index in [4.69, 9.17) is 15.3 Å². The zero-order valence-electron chi connectivity index (χ0n) is 21.3. The first-order valence-corrected chi connectivity index (χ1v) is 12.0. The third-order valence-corrected chi connectivity index (χ3v) is 6.50. The summed E-state index contributed by atoms with van der Waals surface area (Å²) in [5, 5.41) is 0.733. The molecule has 10 nitrogen and oxygen atoms in total. The first kappa shape index (κ1) is 26.6. The number of nitrogens with zero attached hydrogens (tertiary/aromatic N) is 3. The maximum atomic E-state index is 13.5. The van der Waals surface area contributed by atoms with Crippen molar-refractivity contribution in [3.63, 3.8) is 0 Å². The summed E-state index contributed by atoms with van der Waals surface area (Å²) in [6.45, 7) is 9.21. The van der Waals surface area contributed by atoms with Gasteiger partial charge in [-0.05, 0) is 65.3 Å². The van der Waals surface area contributed by atoms with Crippen LogP contribution in [0.2, 0.25) is 0 Å². The zero-order chi connectivity index (χ0) is 26.0. The fraction of sp³-hybridized carbons (Fsp3) is 0.600. The monoisotopic (exact) mass is 488 g/mol. The maximum Gasteiger partial charge on any atom is 0.429 e. The Morgan fingerprint density at radius 3 is 2.23 bits per heavy atom. The standard InChI is InChI=1S/C25H36N4O6/c1-6-34-22(32)25(10-7-11-25)17-8-9-19(29(26)23(33)35-24(2,3)4)18(16-17)20(30)21(31)28-14-12-27(5)13-15-28/h8-9,16H,6-7,10-15,26H2,1-5H3. The van der Waals surface area contributed by atoms with Crippen molar-refractivity contribution in [2.24, 2.45) is 5.84 Å². The molecular formula is C25H36N4O6. The average Bonchev–Trinajstić information content (AvgIpc) is 2.76. The SMILES string of the molecule is CCOC(=O)C1(c2ccc(N(N)C(=O)OC(C)(C)C)c(C(=O)C(=O)N3CCN(C)CC3)c2)CCC1. The van der Waals surface area contributed by atoms with Crippen molar-refractivity contribution in [2.75, 3.05) is 44.8 Å². The van der Waals surface area contributed by atoms with Crippen molar-refractivity contribution in [3.8, 4) is 0 Å². The van der Waals surface area contributed by atoms with Crippen LogP contribution in [0.1, 0.15) is 62.9 Å². The number of nitrogens with two attached hydrogens (primary N) is 1. The predicted molar refractivity (Wildman–Crippen MR) is 130 cm³/mol. The summed E-state index contributed by atoms with van der Waals surface area (Å²) in [7, 11) is 1.95. The Bertz CT molecular complexity index is 990. The lowest BCUT2D eigenvalue weighted by atomic mass is 9.64. The number of ketones is 1. The van der Waals surface area contributed by atoms with E-state index in [-0.39, 0.29) is 23.8 Å². The summed E-state index contributed by atoms with van der Waals surface area (Å²) in [5.74, 6) is 4.25. The summed E-state index contributed by atoms with van der Waals surface area (Å²) in [6, 6.07) is 4.65. The molecule has 1 saturated heterocycles. The highest BCUT2D eigenvalue weighted by Gasteiger charge is 2.47. The number of hydrazine groups is 1. The number of hydrogen-bond acceptors (Lipinski definition) is 8. The van der Waals surface area contributed by atoms with Crippen molar-refractivity contribution in [2.45, 2.75) is 58.0 Å². The molecule has 1 aliphatic carbocycles. The van der Waals surface area contributed by atoms with Crippen molar-refractivity contribution >= 4 is 29.4 Å². The number of carbonyl (C=O) groups excluding carboxylic acids is 4. The molecule has 0 spiro atoms. The molecule has 2 fully saturated rings. The highest BCUT2D eigenvalue weighted by Crippen LogP contribution is 2.46. The first-order valence-electron chi connectivity index (χ1n) is 12.0. The number of benzene rings is 1. The Morgan fingerprint density at radius 2 is 1.71 bits per heavy atom. The molecule has 2 amide bonds. The lowest BCUT2D eigenvalue weighted by Crippen LogP contribution is -2.50. The van der Waals surface area contributed by atoms with E-state index in [0.717, 1.165) is 11.4 Å². The van der Waals surface area contributed by atoms with Crippen LogP contribution >= 0.6 is 0 Å². The summed E-state index contributed by atoms with van der Waals surface area (Å²) in [5.41, 5.74) is -1.14. The van der Waals surface area contributed by atoms with E-state index in [0.29, 0.717) is 44.6 Å². The Kier molecular flexibility index (Phi) is 7.86. The van der Waals surface area contributed by atoms with Gasteiger partial charge in [0.15, 0.2) is 0 Å². The van der Waals surface area contributed by atoms with E-state index in [2.05, 4.69) is 4.90 Å². The molecule has 192 valence electrons. The van der Waals surface area contributed by atoms with Gasteiger partial charge in [-0.15, -0.1) is 0 Å². The Hall–Kier alpha value is -2.98. The number of piperazine rings is 1. The lowest BCUT2D eigenvalue weighted by molar-refractivity contribution is -0.153. The van der Waals surface area contributed by atoms with Gasteiger partial charge in [0.1, 0.15) is 5.60 Å². The molecule has 0 atom stereocenters. The fourth-order valence-corrected chi connectivity index (χ4v) is 4.31. The molecule has 1 heterocycles. The van der Waals surface area contributed by atoms with Crippen LogP contribution in [0.5, 0.6) is 0 Å². The quantitative estimate of drug-likeness (QED) is 0.162. The van der Waals surface area contributed by atoms with Crippen LogP contribution in [0.15, 0.2) is 18.2 Å². The third-order valence-electron chi connectivity index (χ3n) is 6.50. The van der Waals surface area contributed by atoms with E-state index in [9.17, 15) is 19.2 Å². The number of amides is 2. The molecule has 1 aliphatic heterocycles. The molecule has 2 N–H and O–H groups in total. The van der Waals surface area contributed by atoms with Crippen molar-refractivity contribution in [3.05, 3.63) is 29.3 Å². The van der Waals surface area contributed by atoms with Gasteiger partial charge < -0.3 is 19.3 Å². The molecule has 10 heteroatoms. The van der Waals surface area contributed by atoms with E-state index >= 15 is 0 Å². The second kappa shape index (κ2) is 10.3. The van der Waals surface area contributed by atoms with Crippen LogP contribution < -0.4 is 10.9 Å². The van der Waals surface area contributed by atoms with Crippen LogP contribution in [0.4, 0.5) is 10.5 Å². The van der Waals surface area contributed by atoms with Gasteiger partial charge in [0.25, 0.3) is 11.7 Å². The number of anilines is 1. The van der Waals surface area contributed by atoms with Crippen LogP contribution in [-0.2, 0) is 24.5 Å². The van der Waals surface area contributed by atoms with Crippen LogP contribution in [-0.4, -0.2) is 79.0 Å². The smallest absolute Gasteiger partial charge is 0.429 e. The van der Waals surface area contributed by atoms with Gasteiger partial charge in [0.05, 0.1) is 23.3 Å². The van der Waals surface area contributed by atoms with Gasteiger partial charge in [0, 0.05) is 26.2 Å². The molecular weight excluding hydrogens is 452 g/mol. The van der Waals surface area contributed by atoms with E-state index in [1.807, 2.05) is 7.05 Å². The van der Waals surface area contributed by atoms with E-state index < -0.39 is 28.8 Å². The van der Waals surface area contributed by atoms with Crippen molar-refractivity contribution in [1.82, 2.24) is 9.80 Å². The second-order valence-corrected chi connectivity index (χ2v) is 10.2. The van der Waals surface area contributed by atoms with Crippen molar-refractivity contribution in [1.29, 1.82) is 0 Å². The summed E-state index contributed by atoms with van der Waals surface area (Å²) >= 11 is 0. The van der Waals surface area contributed by atoms with Crippen molar-refractivity contribution < 1.29 is 28.7 Å². The predicted octanol–water partition coefficient (Wildman–Crippen LogP) is 2.24. The van der Waals surface area contributed by atoms with E-state index in [1.165, 1.54) is 17.0 Å². The molecule has 1 aromatic rings. The number of hydrogen-bond donors (Lipinski definition) is 1. The minimum atomic E-state index is -0.883. The molecule has 2 aliphatic rings. The highest BCUT2D eigenvalue weighted by atomic mass is 16.6. The molecule has 3 rings (SSSR count). The normalized spacial score (nSPS) is 17.8. The van der Waals surface area contributed by atoms with Gasteiger partial charge >= 0.3 is 12.1 Å². The number of ether oxygens (including phenoxy) is 2. The van der Waals surface area contributed by atoms with Gasteiger partial charge in [-0.1, -0.05) is 12.5 Å². The summed E-state index contributed by atoms with van der Waals surface area (Å²) in [6.07, 6.45) is 1.12. The number of esters is 1. The summed E-state index contributed by atoms with van der Waals surface area (Å²) in [4.78, 5) is 55.7. The molecule has 35 heavy (non-hydrogen) atoms. The number of likely N-dealkylation sites (N-methyl/N-ethyl adjacent to an activating group) is 1. The number of carbonyl (C=O) groups is 4. The minimum Gasteiger partial charge on any atom is -0.465 e. The zero-order valence-corrected chi connectivity index (χ0v) is 21.3. The third kappa shape index (κ3) is 5.65. The molecule has 0 unspecified atom stereocenters. The molecule has 0 aromatic heterocycles. The van der Waals surface area contributed by atoms with Gasteiger partial charge in [0.2, 0.25) is 0 Å². The molecule has 0 bridgehead atoms. The van der Waals surface area contributed by atoms with E-state index in [1.54, 1.807) is 33.8 Å². The van der Waals surface area contributed by atoms with Gasteiger partial charge in [-0.2, -0.15) is 0 Å². The van der Waals surface area contributed by atoms with Crippen LogP contribution in [0.25, 0.3) is 0 Å². The maximum absolute atomic E-state index is 13.5. The average molecular weight is 489 g/mol. The Labute approximate surface area is 206 Å². The Morgan fingerprint density at radius 1 is 1.09 bits per heavy atom.